The molecule has 4 aromatic rings. The molecule has 0 unspecified atom stereocenters. The van der Waals surface area contributed by atoms with Gasteiger partial charge < -0.3 is 19.9 Å². The Balaban J connectivity index is 1.56. The summed E-state index contributed by atoms with van der Waals surface area (Å²) < 4.78 is 26.5. The van der Waals surface area contributed by atoms with Gasteiger partial charge in [0.25, 0.3) is 5.91 Å². The van der Waals surface area contributed by atoms with E-state index in [2.05, 4.69) is 5.32 Å². The molecular weight excluding hydrogens is 437 g/mol. The lowest BCUT2D eigenvalue weighted by atomic mass is 10.0. The molecule has 0 fully saturated rings. The number of ether oxygens (including phenoxy) is 2. The van der Waals surface area contributed by atoms with Gasteiger partial charge in [0.2, 0.25) is 0 Å². The van der Waals surface area contributed by atoms with Gasteiger partial charge >= 0.3 is 5.97 Å². The van der Waals surface area contributed by atoms with Crippen LogP contribution in [0.1, 0.15) is 24.2 Å². The first kappa shape index (κ1) is 23.0. The summed E-state index contributed by atoms with van der Waals surface area (Å²) in [6.45, 7) is 2.97. The van der Waals surface area contributed by atoms with Crippen LogP contribution >= 0.6 is 0 Å². The number of hydrogen-bond donors (Lipinski definition) is 2. The second kappa shape index (κ2) is 9.39. The van der Waals surface area contributed by atoms with Gasteiger partial charge in [0.15, 0.2) is 0 Å². The van der Waals surface area contributed by atoms with Crippen molar-refractivity contribution < 1.29 is 28.6 Å². The number of rotatable bonds is 8. The van der Waals surface area contributed by atoms with Gasteiger partial charge in [-0.05, 0) is 42.8 Å². The molecule has 34 heavy (non-hydrogen) atoms. The molecule has 7 heteroatoms. The van der Waals surface area contributed by atoms with Crippen molar-refractivity contribution in [2.45, 2.75) is 19.4 Å². The Morgan fingerprint density at radius 1 is 0.882 bits per heavy atom. The standard InChI is InChI=1S/C27H24FNO5/c1-27(2,26(31)32)29-25(30)22-16-23(28)20-9-5-6-10-21(20)24(22)34-14-13-33-19-12-11-17-7-3-4-8-18(17)15-19/h3-12,15-16H,13-14H2,1-2H3,(H,29,30)(H,31,32). The summed E-state index contributed by atoms with van der Waals surface area (Å²) in [5.41, 5.74) is -1.63. The number of carbonyl (C=O) groups excluding carboxylic acids is 1. The largest absolute Gasteiger partial charge is 0.490 e. The maximum absolute atomic E-state index is 14.7. The van der Waals surface area contributed by atoms with Gasteiger partial charge in [0, 0.05) is 10.8 Å². The van der Waals surface area contributed by atoms with Crippen LogP contribution in [-0.2, 0) is 4.79 Å². The Morgan fingerprint density at radius 2 is 1.53 bits per heavy atom. The van der Waals surface area contributed by atoms with Crippen molar-refractivity contribution in [3.63, 3.8) is 0 Å². The van der Waals surface area contributed by atoms with Crippen molar-refractivity contribution in [3.8, 4) is 11.5 Å². The van der Waals surface area contributed by atoms with Crippen LogP contribution in [0.3, 0.4) is 0 Å². The smallest absolute Gasteiger partial charge is 0.328 e. The van der Waals surface area contributed by atoms with Crippen LogP contribution in [0, 0.1) is 5.82 Å². The monoisotopic (exact) mass is 461 g/mol. The van der Waals surface area contributed by atoms with Crippen molar-refractivity contribution in [2.75, 3.05) is 13.2 Å². The zero-order valence-corrected chi connectivity index (χ0v) is 18.8. The number of carboxylic acids is 1. The number of halogens is 1. The number of amides is 1. The van der Waals surface area contributed by atoms with Crippen molar-refractivity contribution in [2.24, 2.45) is 0 Å². The second-order valence-corrected chi connectivity index (χ2v) is 8.37. The molecule has 0 aromatic heterocycles. The molecule has 0 radical (unpaired) electrons. The zero-order chi connectivity index (χ0) is 24.3. The van der Waals surface area contributed by atoms with Crippen molar-refractivity contribution in [1.82, 2.24) is 5.32 Å². The third-order valence-corrected chi connectivity index (χ3v) is 5.47. The number of aliphatic carboxylic acids is 1. The van der Waals surface area contributed by atoms with Gasteiger partial charge in [-0.25, -0.2) is 9.18 Å². The van der Waals surface area contributed by atoms with Crippen LogP contribution in [0.2, 0.25) is 0 Å². The molecule has 0 aliphatic heterocycles. The molecule has 0 saturated carbocycles. The molecule has 6 nitrogen and oxygen atoms in total. The van der Waals surface area contributed by atoms with Crippen molar-refractivity contribution in [1.29, 1.82) is 0 Å². The summed E-state index contributed by atoms with van der Waals surface area (Å²) in [6.07, 6.45) is 0. The topological polar surface area (TPSA) is 84.9 Å². The predicted molar refractivity (Wildman–Crippen MR) is 128 cm³/mol. The van der Waals surface area contributed by atoms with Crippen LogP contribution in [-0.4, -0.2) is 35.7 Å². The molecule has 0 aliphatic rings. The number of nitrogens with one attached hydrogen (secondary N) is 1. The molecule has 0 atom stereocenters. The first-order valence-corrected chi connectivity index (χ1v) is 10.8. The van der Waals surface area contributed by atoms with E-state index in [9.17, 15) is 19.1 Å². The van der Waals surface area contributed by atoms with Crippen LogP contribution < -0.4 is 14.8 Å². The average Bonchev–Trinajstić information content (AvgIpc) is 2.82. The highest BCUT2D eigenvalue weighted by molar-refractivity contribution is 6.05. The molecule has 1 amide bonds. The molecule has 2 N–H and O–H groups in total. The van der Waals surface area contributed by atoms with E-state index >= 15 is 0 Å². The fourth-order valence-electron chi connectivity index (χ4n) is 3.59. The van der Waals surface area contributed by atoms with Gasteiger partial charge in [-0.1, -0.05) is 54.6 Å². The van der Waals surface area contributed by atoms with Crippen LogP contribution in [0.5, 0.6) is 11.5 Å². The summed E-state index contributed by atoms with van der Waals surface area (Å²) in [7, 11) is 0. The Bertz CT molecular complexity index is 1380. The number of carboxylic acid groups (broad SMARTS) is 1. The SMILES string of the molecule is CC(C)(NC(=O)c1cc(F)c2ccccc2c1OCCOc1ccc2ccccc2c1)C(=O)O. The fraction of sp³-hybridized carbons (Fsp3) is 0.185. The number of hydrogen-bond acceptors (Lipinski definition) is 4. The molecule has 0 bridgehead atoms. The van der Waals surface area contributed by atoms with Crippen LogP contribution in [0.25, 0.3) is 21.5 Å². The molecule has 4 aromatic carbocycles. The average molecular weight is 461 g/mol. The summed E-state index contributed by atoms with van der Waals surface area (Å²) >= 11 is 0. The van der Waals surface area contributed by atoms with E-state index in [1.54, 1.807) is 24.3 Å². The summed E-state index contributed by atoms with van der Waals surface area (Å²) in [4.78, 5) is 24.4. The maximum Gasteiger partial charge on any atom is 0.328 e. The highest BCUT2D eigenvalue weighted by Gasteiger charge is 2.31. The first-order valence-electron chi connectivity index (χ1n) is 10.8. The molecule has 0 saturated heterocycles. The minimum Gasteiger partial charge on any atom is -0.490 e. The number of fused-ring (bicyclic) bond motifs is 2. The molecular formula is C27H24FNO5. The van der Waals surface area contributed by atoms with E-state index in [4.69, 9.17) is 9.47 Å². The van der Waals surface area contributed by atoms with Crippen LogP contribution in [0.4, 0.5) is 4.39 Å². The third-order valence-electron chi connectivity index (χ3n) is 5.47. The summed E-state index contributed by atoms with van der Waals surface area (Å²) in [5.74, 6) is -1.73. The minimum atomic E-state index is -1.55. The van der Waals surface area contributed by atoms with Crippen molar-refractivity contribution in [3.05, 3.63) is 84.2 Å². The molecule has 0 heterocycles. The van der Waals surface area contributed by atoms with Crippen LogP contribution in [0.15, 0.2) is 72.8 Å². The predicted octanol–water partition coefficient (Wildman–Crippen LogP) is 5.18. The van der Waals surface area contributed by atoms with E-state index in [0.717, 1.165) is 16.8 Å². The quantitative estimate of drug-likeness (QED) is 0.353. The summed E-state index contributed by atoms with van der Waals surface area (Å²) in [5, 5.41) is 14.6. The van der Waals surface area contributed by atoms with Gasteiger partial charge in [0.1, 0.15) is 36.1 Å². The lowest BCUT2D eigenvalue weighted by Crippen LogP contribution is -2.49. The Labute approximate surface area is 195 Å². The number of carbonyl (C=O) groups is 2. The lowest BCUT2D eigenvalue weighted by Gasteiger charge is -2.22. The molecule has 174 valence electrons. The van der Waals surface area contributed by atoms with Gasteiger partial charge in [0.05, 0.1) is 5.56 Å². The number of benzene rings is 4. The summed E-state index contributed by atoms with van der Waals surface area (Å²) in [6, 6.07) is 21.4. The van der Waals surface area contributed by atoms with E-state index in [0.29, 0.717) is 16.5 Å². The van der Waals surface area contributed by atoms with Gasteiger partial charge in [-0.2, -0.15) is 0 Å². The highest BCUT2D eigenvalue weighted by atomic mass is 19.1. The Morgan fingerprint density at radius 3 is 2.26 bits per heavy atom. The minimum absolute atomic E-state index is 0.0868. The van der Waals surface area contributed by atoms with E-state index in [1.165, 1.54) is 13.8 Å². The van der Waals surface area contributed by atoms with Crippen molar-refractivity contribution >= 4 is 33.4 Å². The molecule has 4 rings (SSSR count). The first-order chi connectivity index (χ1) is 16.3. The Kier molecular flexibility index (Phi) is 6.36. The maximum atomic E-state index is 14.7. The fourth-order valence-corrected chi connectivity index (χ4v) is 3.59. The van der Waals surface area contributed by atoms with Gasteiger partial charge in [-0.3, -0.25) is 4.79 Å². The molecule has 0 spiro atoms. The normalized spacial score (nSPS) is 11.4. The molecule has 0 aliphatic carbocycles. The lowest BCUT2D eigenvalue weighted by molar-refractivity contribution is -0.143. The zero-order valence-electron chi connectivity index (χ0n) is 18.8. The Hall–Kier alpha value is -4.13. The second-order valence-electron chi connectivity index (χ2n) is 8.37. The van der Waals surface area contributed by atoms with E-state index in [1.807, 2.05) is 42.5 Å². The van der Waals surface area contributed by atoms with Gasteiger partial charge in [-0.15, -0.1) is 0 Å². The van der Waals surface area contributed by atoms with E-state index < -0.39 is 23.2 Å². The third kappa shape index (κ3) is 4.78. The highest BCUT2D eigenvalue weighted by Crippen LogP contribution is 2.32. The van der Waals surface area contributed by atoms with E-state index in [-0.39, 0.29) is 24.5 Å².